The molecule has 31 heavy (non-hydrogen) atoms. The van der Waals surface area contributed by atoms with Gasteiger partial charge in [0, 0.05) is 0 Å². The summed E-state index contributed by atoms with van der Waals surface area (Å²) in [5, 5.41) is 0. The number of thioether (sulfide) groups is 1. The smallest absolute Gasteiger partial charge is 0.343 e. The topological polar surface area (TPSA) is 46.6 Å². The van der Waals surface area contributed by atoms with Gasteiger partial charge < -0.3 is 4.74 Å². The largest absolute Gasteiger partial charge is 0.423 e. The fourth-order valence-electron chi connectivity index (χ4n) is 3.12. The number of benzene rings is 3. The lowest BCUT2D eigenvalue weighted by Gasteiger charge is -2.14. The molecule has 1 heterocycles. The Morgan fingerprint density at radius 3 is 2.48 bits per heavy atom. The number of carbonyl (C=O) groups excluding carboxylic acids is 2. The lowest BCUT2D eigenvalue weighted by Crippen LogP contribution is -2.27. The molecule has 1 aliphatic heterocycles. The van der Waals surface area contributed by atoms with E-state index in [-0.39, 0.29) is 5.91 Å². The van der Waals surface area contributed by atoms with Crippen molar-refractivity contribution < 1.29 is 14.3 Å². The van der Waals surface area contributed by atoms with Crippen LogP contribution in [0, 0.1) is 6.92 Å². The van der Waals surface area contributed by atoms with Crippen molar-refractivity contribution in [1.29, 1.82) is 0 Å². The minimum atomic E-state index is -0.404. The standard InChI is InChI=1S/C25H19NO3S2/c1-17-6-5-9-20(14-17)24(28)29-21-12-10-18(11-13-21)15-22-23(27)26(25(30)31-22)16-19-7-3-2-4-8-19/h2-15H,16H2,1H3/b22-15+. The summed E-state index contributed by atoms with van der Waals surface area (Å²) < 4.78 is 5.99. The van der Waals surface area contributed by atoms with E-state index in [1.807, 2.05) is 61.5 Å². The van der Waals surface area contributed by atoms with Gasteiger partial charge in [0.2, 0.25) is 0 Å². The molecule has 0 aromatic heterocycles. The van der Waals surface area contributed by atoms with Gasteiger partial charge in [-0.15, -0.1) is 0 Å². The van der Waals surface area contributed by atoms with Crippen LogP contribution in [0.4, 0.5) is 0 Å². The molecule has 0 N–H and O–H groups in total. The number of hydrogen-bond donors (Lipinski definition) is 0. The molecule has 0 atom stereocenters. The molecule has 0 saturated carbocycles. The first-order valence-corrected chi connectivity index (χ1v) is 10.9. The molecule has 1 amide bonds. The van der Waals surface area contributed by atoms with E-state index in [4.69, 9.17) is 17.0 Å². The predicted octanol–water partition coefficient (Wildman–Crippen LogP) is 5.62. The summed E-state index contributed by atoms with van der Waals surface area (Å²) in [5.41, 5.74) is 3.36. The first-order valence-electron chi connectivity index (χ1n) is 9.68. The molecule has 0 bridgehead atoms. The second kappa shape index (κ2) is 9.29. The van der Waals surface area contributed by atoms with Gasteiger partial charge in [-0.25, -0.2) is 4.79 Å². The number of esters is 1. The highest BCUT2D eigenvalue weighted by atomic mass is 32.2. The monoisotopic (exact) mass is 445 g/mol. The molecule has 3 aromatic carbocycles. The van der Waals surface area contributed by atoms with E-state index in [1.54, 1.807) is 35.2 Å². The van der Waals surface area contributed by atoms with Crippen LogP contribution in [0.5, 0.6) is 5.75 Å². The molecule has 1 saturated heterocycles. The Morgan fingerprint density at radius 2 is 1.77 bits per heavy atom. The van der Waals surface area contributed by atoms with Crippen molar-refractivity contribution in [3.63, 3.8) is 0 Å². The maximum absolute atomic E-state index is 12.8. The lowest BCUT2D eigenvalue weighted by atomic mass is 10.1. The molecule has 0 aliphatic carbocycles. The first kappa shape index (κ1) is 21.0. The highest BCUT2D eigenvalue weighted by molar-refractivity contribution is 8.26. The molecular formula is C25H19NO3S2. The zero-order chi connectivity index (χ0) is 21.8. The summed E-state index contributed by atoms with van der Waals surface area (Å²) in [6.07, 6.45) is 1.80. The summed E-state index contributed by atoms with van der Waals surface area (Å²) in [6, 6.07) is 24.1. The van der Waals surface area contributed by atoms with Crippen molar-refractivity contribution in [2.24, 2.45) is 0 Å². The Morgan fingerprint density at radius 1 is 1.03 bits per heavy atom. The van der Waals surface area contributed by atoms with Crippen molar-refractivity contribution in [1.82, 2.24) is 4.90 Å². The number of aryl methyl sites for hydroxylation is 1. The van der Waals surface area contributed by atoms with Crippen molar-refractivity contribution >= 4 is 46.3 Å². The molecule has 154 valence electrons. The van der Waals surface area contributed by atoms with Crippen LogP contribution in [0.1, 0.15) is 27.0 Å². The van der Waals surface area contributed by atoms with Gasteiger partial charge in [-0.1, -0.05) is 84.1 Å². The van der Waals surface area contributed by atoms with E-state index in [0.29, 0.717) is 27.1 Å². The van der Waals surface area contributed by atoms with Crippen LogP contribution in [0.2, 0.25) is 0 Å². The number of ether oxygens (including phenoxy) is 1. The Bertz CT molecular complexity index is 1170. The van der Waals surface area contributed by atoms with Crippen molar-refractivity contribution in [3.05, 3.63) is 106 Å². The molecule has 1 fully saturated rings. The third-order valence-corrected chi connectivity index (χ3v) is 6.08. The molecule has 0 spiro atoms. The molecule has 6 heteroatoms. The van der Waals surface area contributed by atoms with Gasteiger partial charge >= 0.3 is 5.97 Å². The molecule has 0 radical (unpaired) electrons. The van der Waals surface area contributed by atoms with E-state index in [0.717, 1.165) is 16.7 Å². The number of nitrogens with zero attached hydrogens (tertiary/aromatic N) is 1. The first-order chi connectivity index (χ1) is 15.0. The highest BCUT2D eigenvalue weighted by Crippen LogP contribution is 2.33. The van der Waals surface area contributed by atoms with Crippen molar-refractivity contribution in [2.45, 2.75) is 13.5 Å². The van der Waals surface area contributed by atoms with Gasteiger partial charge in [0.15, 0.2) is 0 Å². The molecule has 1 aliphatic rings. The zero-order valence-electron chi connectivity index (χ0n) is 16.8. The van der Waals surface area contributed by atoms with Crippen LogP contribution >= 0.6 is 24.0 Å². The number of carbonyl (C=O) groups is 2. The number of rotatable bonds is 5. The molecule has 0 unspecified atom stereocenters. The third-order valence-electron chi connectivity index (χ3n) is 4.70. The van der Waals surface area contributed by atoms with Gasteiger partial charge in [-0.3, -0.25) is 9.69 Å². The number of amides is 1. The normalized spacial score (nSPS) is 14.9. The van der Waals surface area contributed by atoms with Gasteiger partial charge in [-0.2, -0.15) is 0 Å². The zero-order valence-corrected chi connectivity index (χ0v) is 18.4. The van der Waals surface area contributed by atoms with Crippen LogP contribution in [-0.2, 0) is 11.3 Å². The van der Waals surface area contributed by atoms with E-state index < -0.39 is 5.97 Å². The van der Waals surface area contributed by atoms with Crippen molar-refractivity contribution in [3.8, 4) is 5.75 Å². The second-order valence-electron chi connectivity index (χ2n) is 7.08. The maximum Gasteiger partial charge on any atom is 0.343 e. The minimum absolute atomic E-state index is 0.103. The van der Waals surface area contributed by atoms with E-state index in [2.05, 4.69) is 0 Å². The van der Waals surface area contributed by atoms with Crippen LogP contribution in [0.3, 0.4) is 0 Å². The Balaban J connectivity index is 1.44. The Labute approximate surface area is 190 Å². The lowest BCUT2D eigenvalue weighted by molar-refractivity contribution is -0.122. The molecular weight excluding hydrogens is 426 g/mol. The third kappa shape index (κ3) is 5.10. The quantitative estimate of drug-likeness (QED) is 0.221. The van der Waals surface area contributed by atoms with Gasteiger partial charge in [0.1, 0.15) is 10.1 Å². The van der Waals surface area contributed by atoms with E-state index >= 15 is 0 Å². The number of hydrogen-bond acceptors (Lipinski definition) is 5. The van der Waals surface area contributed by atoms with E-state index in [9.17, 15) is 9.59 Å². The maximum atomic E-state index is 12.8. The van der Waals surface area contributed by atoms with Gasteiger partial charge in [-0.05, 0) is 48.4 Å². The second-order valence-corrected chi connectivity index (χ2v) is 8.76. The van der Waals surface area contributed by atoms with Crippen LogP contribution in [0.25, 0.3) is 6.08 Å². The summed E-state index contributed by atoms with van der Waals surface area (Å²) in [5.74, 6) is -0.0627. The summed E-state index contributed by atoms with van der Waals surface area (Å²) in [4.78, 5) is 27.3. The van der Waals surface area contributed by atoms with Crippen LogP contribution < -0.4 is 4.74 Å². The summed E-state index contributed by atoms with van der Waals surface area (Å²) >= 11 is 6.70. The van der Waals surface area contributed by atoms with Gasteiger partial charge in [0.25, 0.3) is 5.91 Å². The molecule has 4 rings (SSSR count). The average molecular weight is 446 g/mol. The highest BCUT2D eigenvalue weighted by Gasteiger charge is 2.31. The SMILES string of the molecule is Cc1cccc(C(=O)Oc2ccc(/C=C3/SC(=S)N(Cc4ccccc4)C3=O)cc2)c1. The number of thiocarbonyl (C=S) groups is 1. The summed E-state index contributed by atoms with van der Waals surface area (Å²) in [7, 11) is 0. The Hall–Kier alpha value is -3.22. The summed E-state index contributed by atoms with van der Waals surface area (Å²) in [6.45, 7) is 2.38. The predicted molar refractivity (Wildman–Crippen MR) is 128 cm³/mol. The minimum Gasteiger partial charge on any atom is -0.423 e. The fourth-order valence-corrected chi connectivity index (χ4v) is 4.38. The average Bonchev–Trinajstić information content (AvgIpc) is 3.03. The van der Waals surface area contributed by atoms with Gasteiger partial charge in [0.05, 0.1) is 17.0 Å². The van der Waals surface area contributed by atoms with E-state index in [1.165, 1.54) is 11.8 Å². The van der Waals surface area contributed by atoms with Crippen molar-refractivity contribution in [2.75, 3.05) is 0 Å². The molecule has 4 nitrogen and oxygen atoms in total. The van der Waals surface area contributed by atoms with Crippen LogP contribution in [0.15, 0.2) is 83.8 Å². The van der Waals surface area contributed by atoms with Crippen LogP contribution in [-0.4, -0.2) is 21.1 Å². The fraction of sp³-hybridized carbons (Fsp3) is 0.0800. The Kier molecular flexibility index (Phi) is 6.30. The molecule has 3 aromatic rings.